The molecule has 0 aromatic heterocycles. The van der Waals surface area contributed by atoms with E-state index in [0.29, 0.717) is 38.0 Å². The number of nitrogens with zero attached hydrogens (tertiary/aromatic N) is 2. The maximum Gasteiger partial charge on any atom is 0.254 e. The molecule has 2 aliphatic heterocycles. The molecule has 1 aromatic carbocycles. The average Bonchev–Trinajstić information content (AvgIpc) is 2.62. The highest BCUT2D eigenvalue weighted by molar-refractivity contribution is 5.95. The SMILES string of the molecule is Cc1ccc(F)cc1C(=O)N1CC[C@@H]2[C@@H](CCC(=O)N2CCCO)C1. The van der Waals surface area contributed by atoms with Gasteiger partial charge in [-0.05, 0) is 49.8 Å². The molecule has 0 unspecified atom stereocenters. The summed E-state index contributed by atoms with van der Waals surface area (Å²) in [6, 6.07) is 4.45. The zero-order chi connectivity index (χ0) is 18.0. The van der Waals surface area contributed by atoms with Crippen molar-refractivity contribution in [2.24, 2.45) is 5.92 Å². The van der Waals surface area contributed by atoms with Gasteiger partial charge in [0.25, 0.3) is 5.91 Å². The van der Waals surface area contributed by atoms with Crippen LogP contribution in [0, 0.1) is 18.7 Å². The van der Waals surface area contributed by atoms with Crippen LogP contribution in [0.25, 0.3) is 0 Å². The molecule has 1 aromatic rings. The van der Waals surface area contributed by atoms with Gasteiger partial charge in [0.2, 0.25) is 5.91 Å². The van der Waals surface area contributed by atoms with Gasteiger partial charge in [0.05, 0.1) is 0 Å². The summed E-state index contributed by atoms with van der Waals surface area (Å²) in [5.74, 6) is -0.130. The Morgan fingerprint density at radius 2 is 2.16 bits per heavy atom. The number of amides is 2. The summed E-state index contributed by atoms with van der Waals surface area (Å²) in [7, 11) is 0. The topological polar surface area (TPSA) is 60.9 Å². The highest BCUT2D eigenvalue weighted by atomic mass is 19.1. The third-order valence-corrected chi connectivity index (χ3v) is 5.42. The summed E-state index contributed by atoms with van der Waals surface area (Å²) in [6.07, 6.45) is 2.60. The van der Waals surface area contributed by atoms with E-state index in [1.54, 1.807) is 11.0 Å². The second-order valence-corrected chi connectivity index (χ2v) is 7.03. The van der Waals surface area contributed by atoms with Crippen molar-refractivity contribution in [3.05, 3.63) is 35.1 Å². The van der Waals surface area contributed by atoms with Gasteiger partial charge in [-0.15, -0.1) is 0 Å². The normalized spacial score (nSPS) is 23.6. The average molecular weight is 348 g/mol. The van der Waals surface area contributed by atoms with E-state index < -0.39 is 5.82 Å². The number of hydrogen-bond donors (Lipinski definition) is 1. The molecule has 136 valence electrons. The Hall–Kier alpha value is -1.95. The molecule has 2 saturated heterocycles. The smallest absolute Gasteiger partial charge is 0.254 e. The number of halogens is 1. The first kappa shape index (κ1) is 17.9. The van der Waals surface area contributed by atoms with Crippen molar-refractivity contribution < 1.29 is 19.1 Å². The lowest BCUT2D eigenvalue weighted by molar-refractivity contribution is -0.140. The third-order valence-electron chi connectivity index (χ3n) is 5.42. The zero-order valence-corrected chi connectivity index (χ0v) is 14.6. The predicted octanol–water partition coefficient (Wildman–Crippen LogP) is 1.97. The number of aliphatic hydroxyl groups excluding tert-OH is 1. The Kier molecular flexibility index (Phi) is 5.37. The van der Waals surface area contributed by atoms with Gasteiger partial charge < -0.3 is 14.9 Å². The van der Waals surface area contributed by atoms with Crippen LogP contribution in [-0.2, 0) is 4.79 Å². The lowest BCUT2D eigenvalue weighted by Crippen LogP contribution is -2.57. The Morgan fingerprint density at radius 1 is 1.36 bits per heavy atom. The van der Waals surface area contributed by atoms with Crippen LogP contribution in [0.1, 0.15) is 41.6 Å². The highest BCUT2D eigenvalue weighted by Crippen LogP contribution is 2.32. The van der Waals surface area contributed by atoms with E-state index >= 15 is 0 Å². The number of aryl methyl sites for hydroxylation is 1. The molecule has 0 spiro atoms. The first-order valence-electron chi connectivity index (χ1n) is 8.97. The number of rotatable bonds is 4. The van der Waals surface area contributed by atoms with Crippen LogP contribution in [0.4, 0.5) is 4.39 Å². The van der Waals surface area contributed by atoms with E-state index in [2.05, 4.69) is 0 Å². The number of carbonyl (C=O) groups is 2. The minimum atomic E-state index is -0.401. The molecule has 2 heterocycles. The molecular weight excluding hydrogens is 323 g/mol. The largest absolute Gasteiger partial charge is 0.396 e. The molecule has 0 radical (unpaired) electrons. The monoisotopic (exact) mass is 348 g/mol. The van der Waals surface area contributed by atoms with Crippen molar-refractivity contribution in [3.63, 3.8) is 0 Å². The number of likely N-dealkylation sites (tertiary alicyclic amines) is 2. The van der Waals surface area contributed by atoms with Gasteiger partial charge in [0, 0.05) is 44.3 Å². The molecule has 6 heteroatoms. The molecule has 2 amide bonds. The van der Waals surface area contributed by atoms with E-state index in [-0.39, 0.29) is 30.4 Å². The van der Waals surface area contributed by atoms with Crippen LogP contribution in [0.2, 0.25) is 0 Å². The molecule has 3 rings (SSSR count). The van der Waals surface area contributed by atoms with Crippen molar-refractivity contribution in [3.8, 4) is 0 Å². The fraction of sp³-hybridized carbons (Fsp3) is 0.579. The quantitative estimate of drug-likeness (QED) is 0.905. The van der Waals surface area contributed by atoms with Crippen LogP contribution >= 0.6 is 0 Å². The molecule has 25 heavy (non-hydrogen) atoms. The maximum atomic E-state index is 13.5. The van der Waals surface area contributed by atoms with Crippen LogP contribution in [-0.4, -0.2) is 59.0 Å². The Bertz CT molecular complexity index is 664. The minimum absolute atomic E-state index is 0.0740. The molecule has 2 aliphatic rings. The standard InChI is InChI=1S/C19H25FN2O3/c1-13-3-5-15(20)11-16(13)19(25)21-9-7-17-14(12-21)4-6-18(24)22(17)8-2-10-23/h3,5,11,14,17,23H,2,4,6-10,12H2,1H3/t14-,17+/m0/s1. The number of benzene rings is 1. The fourth-order valence-electron chi connectivity index (χ4n) is 4.06. The predicted molar refractivity (Wildman–Crippen MR) is 91.6 cm³/mol. The van der Waals surface area contributed by atoms with Gasteiger partial charge in [-0.2, -0.15) is 0 Å². The van der Waals surface area contributed by atoms with Gasteiger partial charge in [-0.1, -0.05) is 6.07 Å². The van der Waals surface area contributed by atoms with Crippen LogP contribution in [0.3, 0.4) is 0 Å². The molecule has 0 bridgehead atoms. The summed E-state index contributed by atoms with van der Waals surface area (Å²) >= 11 is 0. The second-order valence-electron chi connectivity index (χ2n) is 7.03. The molecule has 2 atom stereocenters. The van der Waals surface area contributed by atoms with Crippen LogP contribution in [0.5, 0.6) is 0 Å². The van der Waals surface area contributed by atoms with Gasteiger partial charge >= 0.3 is 0 Å². The number of hydrogen-bond acceptors (Lipinski definition) is 3. The van der Waals surface area contributed by atoms with E-state index in [0.717, 1.165) is 18.4 Å². The molecule has 0 aliphatic carbocycles. The van der Waals surface area contributed by atoms with Gasteiger partial charge in [0.15, 0.2) is 0 Å². The van der Waals surface area contributed by atoms with Crippen molar-refractivity contribution in [2.45, 2.75) is 38.6 Å². The molecule has 0 saturated carbocycles. The number of carbonyl (C=O) groups excluding carboxylic acids is 2. The lowest BCUT2D eigenvalue weighted by atomic mass is 9.83. The summed E-state index contributed by atoms with van der Waals surface area (Å²) in [4.78, 5) is 28.7. The van der Waals surface area contributed by atoms with Crippen molar-refractivity contribution >= 4 is 11.8 Å². The van der Waals surface area contributed by atoms with E-state index in [1.165, 1.54) is 12.1 Å². The van der Waals surface area contributed by atoms with Crippen molar-refractivity contribution in [1.82, 2.24) is 9.80 Å². The van der Waals surface area contributed by atoms with E-state index in [4.69, 9.17) is 5.11 Å². The summed E-state index contributed by atoms with van der Waals surface area (Å²) in [5.41, 5.74) is 1.19. The number of aliphatic hydroxyl groups is 1. The summed E-state index contributed by atoms with van der Waals surface area (Å²) < 4.78 is 13.5. The Labute approximate surface area is 147 Å². The summed E-state index contributed by atoms with van der Waals surface area (Å²) in [6.45, 7) is 3.63. The number of fused-ring (bicyclic) bond motifs is 1. The fourth-order valence-corrected chi connectivity index (χ4v) is 4.06. The first-order valence-corrected chi connectivity index (χ1v) is 8.97. The van der Waals surface area contributed by atoms with E-state index in [1.807, 2.05) is 11.8 Å². The van der Waals surface area contributed by atoms with Crippen molar-refractivity contribution in [2.75, 3.05) is 26.2 Å². The van der Waals surface area contributed by atoms with Crippen LogP contribution < -0.4 is 0 Å². The molecular formula is C19H25FN2O3. The number of piperidine rings is 2. The minimum Gasteiger partial charge on any atom is -0.396 e. The molecule has 1 N–H and O–H groups in total. The lowest BCUT2D eigenvalue weighted by Gasteiger charge is -2.47. The summed E-state index contributed by atoms with van der Waals surface area (Å²) in [5, 5.41) is 9.05. The van der Waals surface area contributed by atoms with Crippen molar-refractivity contribution in [1.29, 1.82) is 0 Å². The Balaban J connectivity index is 1.71. The Morgan fingerprint density at radius 3 is 2.92 bits per heavy atom. The van der Waals surface area contributed by atoms with E-state index in [9.17, 15) is 14.0 Å². The zero-order valence-electron chi connectivity index (χ0n) is 14.6. The van der Waals surface area contributed by atoms with Gasteiger partial charge in [0.1, 0.15) is 5.82 Å². The van der Waals surface area contributed by atoms with Gasteiger partial charge in [-0.3, -0.25) is 9.59 Å². The maximum absolute atomic E-state index is 13.5. The van der Waals surface area contributed by atoms with Gasteiger partial charge in [-0.25, -0.2) is 4.39 Å². The molecule has 2 fully saturated rings. The first-order chi connectivity index (χ1) is 12.0. The molecule has 5 nitrogen and oxygen atoms in total. The highest BCUT2D eigenvalue weighted by Gasteiger charge is 2.40. The van der Waals surface area contributed by atoms with Crippen LogP contribution in [0.15, 0.2) is 18.2 Å². The second kappa shape index (κ2) is 7.52. The third kappa shape index (κ3) is 3.68.